The number of amides is 1. The Hall–Kier alpha value is -3.92. The lowest BCUT2D eigenvalue weighted by Crippen LogP contribution is -2.15. The number of aromatic nitrogens is 2. The van der Waals surface area contributed by atoms with Crippen molar-refractivity contribution in [1.29, 1.82) is 5.26 Å². The van der Waals surface area contributed by atoms with Gasteiger partial charge in [0.15, 0.2) is 0 Å². The van der Waals surface area contributed by atoms with Gasteiger partial charge in [0.25, 0.3) is 5.91 Å². The van der Waals surface area contributed by atoms with Crippen LogP contribution in [0.25, 0.3) is 0 Å². The molecule has 0 saturated heterocycles. The van der Waals surface area contributed by atoms with Crippen molar-refractivity contribution in [3.63, 3.8) is 0 Å². The van der Waals surface area contributed by atoms with Crippen molar-refractivity contribution in [1.82, 2.24) is 9.97 Å². The topological polar surface area (TPSA) is 99.9 Å². The lowest BCUT2D eigenvalue weighted by Gasteiger charge is -2.11. The fourth-order valence-corrected chi connectivity index (χ4v) is 2.39. The van der Waals surface area contributed by atoms with Crippen LogP contribution in [0.3, 0.4) is 0 Å². The molecule has 7 heteroatoms. The van der Waals surface area contributed by atoms with Crippen LogP contribution in [0.2, 0.25) is 0 Å². The van der Waals surface area contributed by atoms with E-state index in [9.17, 15) is 4.79 Å². The van der Waals surface area contributed by atoms with Crippen LogP contribution in [0.5, 0.6) is 5.75 Å². The Balaban J connectivity index is 1.70. The summed E-state index contributed by atoms with van der Waals surface area (Å²) < 4.78 is 5.26. The van der Waals surface area contributed by atoms with Gasteiger partial charge < -0.3 is 15.4 Å². The average molecular weight is 359 g/mol. The van der Waals surface area contributed by atoms with Crippen LogP contribution in [-0.4, -0.2) is 23.0 Å². The maximum absolute atomic E-state index is 12.4. The number of hydrogen-bond acceptors (Lipinski definition) is 6. The van der Waals surface area contributed by atoms with Crippen LogP contribution >= 0.6 is 0 Å². The van der Waals surface area contributed by atoms with E-state index in [1.165, 1.54) is 12.4 Å². The molecular weight excluding hydrogens is 342 g/mol. The number of hydrogen-bond donors (Lipinski definition) is 2. The van der Waals surface area contributed by atoms with Gasteiger partial charge in [0.1, 0.15) is 17.3 Å². The average Bonchev–Trinajstić information content (AvgIpc) is 2.69. The molecule has 0 bridgehead atoms. The molecule has 27 heavy (non-hydrogen) atoms. The SMILES string of the molecule is COc1ccc(C)cc1NC(=O)c1cnc(Nc2ccc(C#N)cc2)cn1. The Morgan fingerprint density at radius 1 is 1.11 bits per heavy atom. The second-order valence-corrected chi connectivity index (χ2v) is 5.76. The number of nitriles is 1. The molecule has 0 radical (unpaired) electrons. The summed E-state index contributed by atoms with van der Waals surface area (Å²) in [4.78, 5) is 20.8. The first-order chi connectivity index (χ1) is 13.1. The Morgan fingerprint density at radius 3 is 2.52 bits per heavy atom. The second-order valence-electron chi connectivity index (χ2n) is 5.76. The van der Waals surface area contributed by atoms with Crippen LogP contribution in [0.15, 0.2) is 54.9 Å². The summed E-state index contributed by atoms with van der Waals surface area (Å²) in [6.45, 7) is 1.93. The van der Waals surface area contributed by atoms with Crippen molar-refractivity contribution in [3.8, 4) is 11.8 Å². The van der Waals surface area contributed by atoms with Crippen molar-refractivity contribution < 1.29 is 9.53 Å². The summed E-state index contributed by atoms with van der Waals surface area (Å²) in [5.41, 5.74) is 3.10. The lowest BCUT2D eigenvalue weighted by atomic mass is 10.2. The van der Waals surface area contributed by atoms with Gasteiger partial charge >= 0.3 is 0 Å². The zero-order valence-corrected chi connectivity index (χ0v) is 14.9. The second kappa shape index (κ2) is 7.97. The molecule has 1 aromatic heterocycles. The third-order valence-corrected chi connectivity index (χ3v) is 3.77. The Morgan fingerprint density at radius 2 is 1.89 bits per heavy atom. The van der Waals surface area contributed by atoms with E-state index in [2.05, 4.69) is 26.7 Å². The first-order valence-corrected chi connectivity index (χ1v) is 8.14. The van der Waals surface area contributed by atoms with Gasteiger partial charge in [-0.3, -0.25) is 4.79 Å². The van der Waals surface area contributed by atoms with Crippen molar-refractivity contribution in [2.45, 2.75) is 6.92 Å². The molecule has 0 atom stereocenters. The number of aryl methyl sites for hydroxylation is 1. The van der Waals surface area contributed by atoms with Gasteiger partial charge in [0.05, 0.1) is 36.8 Å². The molecule has 0 fully saturated rings. The molecule has 2 N–H and O–H groups in total. The van der Waals surface area contributed by atoms with E-state index in [-0.39, 0.29) is 11.6 Å². The predicted octanol–water partition coefficient (Wildman–Crippen LogP) is 3.66. The molecule has 3 rings (SSSR count). The van der Waals surface area contributed by atoms with E-state index < -0.39 is 0 Å². The number of nitrogens with one attached hydrogen (secondary N) is 2. The quantitative estimate of drug-likeness (QED) is 0.721. The summed E-state index contributed by atoms with van der Waals surface area (Å²) in [6.07, 6.45) is 2.87. The molecule has 2 aromatic carbocycles. The van der Waals surface area contributed by atoms with E-state index >= 15 is 0 Å². The number of nitrogens with zero attached hydrogens (tertiary/aromatic N) is 3. The van der Waals surface area contributed by atoms with Crippen molar-refractivity contribution in [2.75, 3.05) is 17.7 Å². The van der Waals surface area contributed by atoms with E-state index in [1.807, 2.05) is 19.1 Å². The lowest BCUT2D eigenvalue weighted by molar-refractivity contribution is 0.102. The summed E-state index contributed by atoms with van der Waals surface area (Å²) in [5.74, 6) is 0.682. The van der Waals surface area contributed by atoms with Gasteiger partial charge in [0, 0.05) is 5.69 Å². The fraction of sp³-hybridized carbons (Fsp3) is 0.100. The highest BCUT2D eigenvalue weighted by Gasteiger charge is 2.12. The highest BCUT2D eigenvalue weighted by molar-refractivity contribution is 6.03. The molecule has 0 aliphatic heterocycles. The molecule has 0 unspecified atom stereocenters. The normalized spacial score (nSPS) is 9.96. The van der Waals surface area contributed by atoms with E-state index in [4.69, 9.17) is 10.00 Å². The molecule has 0 aliphatic rings. The molecule has 0 aliphatic carbocycles. The molecule has 1 heterocycles. The molecule has 134 valence electrons. The minimum atomic E-state index is -0.378. The van der Waals surface area contributed by atoms with Crippen molar-refractivity contribution in [2.24, 2.45) is 0 Å². The standard InChI is InChI=1S/C20H17N5O2/c1-13-3-8-18(27-2)16(9-13)25-20(26)17-11-23-19(12-22-17)24-15-6-4-14(10-21)5-7-15/h3-9,11-12H,1-2H3,(H,23,24)(H,25,26). The summed E-state index contributed by atoms with van der Waals surface area (Å²) in [6, 6.07) is 14.5. The minimum Gasteiger partial charge on any atom is -0.495 e. The highest BCUT2D eigenvalue weighted by Crippen LogP contribution is 2.25. The number of benzene rings is 2. The monoisotopic (exact) mass is 359 g/mol. The van der Waals surface area contributed by atoms with Gasteiger partial charge in [0.2, 0.25) is 0 Å². The first kappa shape index (κ1) is 17.9. The third-order valence-electron chi connectivity index (χ3n) is 3.77. The molecular formula is C20H17N5O2. The maximum atomic E-state index is 12.4. The predicted molar refractivity (Wildman–Crippen MR) is 102 cm³/mol. The van der Waals surface area contributed by atoms with Gasteiger partial charge in [-0.15, -0.1) is 0 Å². The summed E-state index contributed by atoms with van der Waals surface area (Å²) in [5, 5.41) is 14.7. The minimum absolute atomic E-state index is 0.184. The van der Waals surface area contributed by atoms with Gasteiger partial charge in [-0.2, -0.15) is 5.26 Å². The Labute approximate surface area is 156 Å². The van der Waals surface area contributed by atoms with Gasteiger partial charge in [-0.05, 0) is 48.9 Å². The van der Waals surface area contributed by atoms with Crippen molar-refractivity contribution in [3.05, 3.63) is 71.7 Å². The first-order valence-electron chi connectivity index (χ1n) is 8.14. The van der Waals surface area contributed by atoms with Gasteiger partial charge in [-0.25, -0.2) is 9.97 Å². The largest absolute Gasteiger partial charge is 0.495 e. The smallest absolute Gasteiger partial charge is 0.275 e. The van der Waals surface area contributed by atoms with Crippen LogP contribution in [0.1, 0.15) is 21.6 Å². The number of rotatable bonds is 5. The molecule has 7 nitrogen and oxygen atoms in total. The van der Waals surface area contributed by atoms with E-state index in [1.54, 1.807) is 37.4 Å². The molecule has 0 spiro atoms. The third kappa shape index (κ3) is 4.38. The van der Waals surface area contributed by atoms with E-state index in [0.29, 0.717) is 22.8 Å². The van der Waals surface area contributed by atoms with E-state index in [0.717, 1.165) is 11.3 Å². The molecule has 3 aromatic rings. The van der Waals surface area contributed by atoms with Crippen LogP contribution in [-0.2, 0) is 0 Å². The maximum Gasteiger partial charge on any atom is 0.275 e. The zero-order valence-electron chi connectivity index (χ0n) is 14.9. The number of carbonyl (C=O) groups is 1. The van der Waals surface area contributed by atoms with Crippen molar-refractivity contribution >= 4 is 23.1 Å². The number of anilines is 3. The van der Waals surface area contributed by atoms with Crippen LogP contribution in [0.4, 0.5) is 17.2 Å². The Bertz CT molecular complexity index is 992. The Kier molecular flexibility index (Phi) is 5.28. The summed E-state index contributed by atoms with van der Waals surface area (Å²) >= 11 is 0. The zero-order chi connectivity index (χ0) is 19.2. The summed E-state index contributed by atoms with van der Waals surface area (Å²) in [7, 11) is 1.55. The molecule has 0 saturated carbocycles. The number of carbonyl (C=O) groups excluding carboxylic acids is 1. The number of ether oxygens (including phenoxy) is 1. The van der Waals surface area contributed by atoms with Gasteiger partial charge in [-0.1, -0.05) is 6.07 Å². The fourth-order valence-electron chi connectivity index (χ4n) is 2.39. The van der Waals surface area contributed by atoms with Crippen LogP contribution < -0.4 is 15.4 Å². The van der Waals surface area contributed by atoms with Crippen LogP contribution in [0, 0.1) is 18.3 Å². The highest BCUT2D eigenvalue weighted by atomic mass is 16.5. The molecule has 1 amide bonds. The number of methoxy groups -OCH3 is 1.